The van der Waals surface area contributed by atoms with Gasteiger partial charge in [0.15, 0.2) is 0 Å². The Kier molecular flexibility index (Phi) is 4.81. The van der Waals surface area contributed by atoms with Crippen molar-refractivity contribution >= 4 is 5.91 Å². The lowest BCUT2D eigenvalue weighted by Gasteiger charge is -2.33. The highest BCUT2D eigenvalue weighted by molar-refractivity contribution is 5.94. The summed E-state index contributed by atoms with van der Waals surface area (Å²) in [5.41, 5.74) is 2.59. The molecule has 0 atom stereocenters. The summed E-state index contributed by atoms with van der Waals surface area (Å²) in [5.74, 6) is 6.63. The van der Waals surface area contributed by atoms with E-state index in [0.29, 0.717) is 18.0 Å². The number of hydrogen-bond acceptors (Lipinski definition) is 2. The first-order chi connectivity index (χ1) is 9.60. The molecule has 0 heterocycles. The van der Waals surface area contributed by atoms with Gasteiger partial charge < -0.3 is 10.4 Å². The molecule has 1 aromatic carbocycles. The predicted octanol–water partition coefficient (Wildman–Crippen LogP) is 2.26. The SMILES string of the molecule is Cc1cc(C(=O)NC2CC(C)C2)ccc1C#CCCO. The molecule has 0 spiro atoms. The molecule has 2 N–H and O–H groups in total. The van der Waals surface area contributed by atoms with E-state index >= 15 is 0 Å². The van der Waals surface area contributed by atoms with Gasteiger partial charge in [-0.05, 0) is 49.4 Å². The van der Waals surface area contributed by atoms with Gasteiger partial charge >= 0.3 is 0 Å². The van der Waals surface area contributed by atoms with Gasteiger partial charge in [0, 0.05) is 23.6 Å². The molecule has 1 fully saturated rings. The van der Waals surface area contributed by atoms with Crippen LogP contribution in [0.25, 0.3) is 0 Å². The van der Waals surface area contributed by atoms with Crippen LogP contribution in [0.1, 0.15) is 47.7 Å². The van der Waals surface area contributed by atoms with Crippen molar-refractivity contribution in [3.05, 3.63) is 34.9 Å². The number of aliphatic hydroxyl groups excluding tert-OH is 1. The minimum Gasteiger partial charge on any atom is -0.395 e. The molecule has 1 amide bonds. The Labute approximate surface area is 120 Å². The zero-order valence-corrected chi connectivity index (χ0v) is 12.1. The molecule has 0 saturated heterocycles. The Bertz CT molecular complexity index is 548. The smallest absolute Gasteiger partial charge is 0.251 e. The van der Waals surface area contributed by atoms with Crippen LogP contribution >= 0.6 is 0 Å². The standard InChI is InChI=1S/C17H21NO2/c1-12-9-16(10-12)18-17(20)15-7-6-14(13(2)11-15)5-3-4-8-19/h6-7,11-12,16,19H,4,8-10H2,1-2H3,(H,18,20). The second-order valence-corrected chi connectivity index (χ2v) is 5.55. The highest BCUT2D eigenvalue weighted by Crippen LogP contribution is 2.26. The second kappa shape index (κ2) is 6.58. The molecular formula is C17H21NO2. The van der Waals surface area contributed by atoms with Crippen molar-refractivity contribution in [2.24, 2.45) is 5.92 Å². The molecule has 1 aliphatic rings. The lowest BCUT2D eigenvalue weighted by molar-refractivity contribution is 0.0896. The van der Waals surface area contributed by atoms with Crippen LogP contribution in [0.2, 0.25) is 0 Å². The van der Waals surface area contributed by atoms with Gasteiger partial charge in [0.25, 0.3) is 5.91 Å². The highest BCUT2D eigenvalue weighted by atomic mass is 16.2. The number of aryl methyl sites for hydroxylation is 1. The predicted molar refractivity (Wildman–Crippen MR) is 79.4 cm³/mol. The minimum absolute atomic E-state index is 0.000123. The van der Waals surface area contributed by atoms with Crippen LogP contribution in [0, 0.1) is 24.7 Å². The van der Waals surface area contributed by atoms with E-state index < -0.39 is 0 Å². The normalized spacial score (nSPS) is 20.6. The maximum atomic E-state index is 12.1. The lowest BCUT2D eigenvalue weighted by atomic mass is 9.82. The summed E-state index contributed by atoms with van der Waals surface area (Å²) in [6.45, 7) is 4.23. The van der Waals surface area contributed by atoms with E-state index in [9.17, 15) is 4.79 Å². The Morgan fingerprint density at radius 3 is 2.80 bits per heavy atom. The van der Waals surface area contributed by atoms with E-state index in [1.165, 1.54) is 0 Å². The van der Waals surface area contributed by atoms with E-state index in [1.807, 2.05) is 25.1 Å². The van der Waals surface area contributed by atoms with E-state index in [4.69, 9.17) is 5.11 Å². The number of carbonyl (C=O) groups is 1. The third-order valence-corrected chi connectivity index (χ3v) is 3.66. The largest absolute Gasteiger partial charge is 0.395 e. The number of aliphatic hydroxyl groups is 1. The van der Waals surface area contributed by atoms with E-state index in [-0.39, 0.29) is 12.5 Å². The highest BCUT2D eigenvalue weighted by Gasteiger charge is 2.26. The topological polar surface area (TPSA) is 49.3 Å². The van der Waals surface area contributed by atoms with E-state index in [1.54, 1.807) is 0 Å². The molecule has 0 bridgehead atoms. The summed E-state index contributed by atoms with van der Waals surface area (Å²) in [5, 5.41) is 11.8. The van der Waals surface area contributed by atoms with Crippen molar-refractivity contribution in [1.29, 1.82) is 0 Å². The number of amides is 1. The van der Waals surface area contributed by atoms with Crippen LogP contribution in [0.3, 0.4) is 0 Å². The zero-order chi connectivity index (χ0) is 14.5. The quantitative estimate of drug-likeness (QED) is 0.828. The molecule has 20 heavy (non-hydrogen) atoms. The maximum Gasteiger partial charge on any atom is 0.251 e. The van der Waals surface area contributed by atoms with Crippen molar-refractivity contribution < 1.29 is 9.90 Å². The molecule has 0 unspecified atom stereocenters. The number of nitrogens with one attached hydrogen (secondary N) is 1. The van der Waals surface area contributed by atoms with Gasteiger partial charge in [-0.2, -0.15) is 0 Å². The summed E-state index contributed by atoms with van der Waals surface area (Å²) < 4.78 is 0. The Balaban J connectivity index is 2.01. The van der Waals surface area contributed by atoms with Crippen molar-refractivity contribution in [2.75, 3.05) is 6.61 Å². The monoisotopic (exact) mass is 271 g/mol. The maximum absolute atomic E-state index is 12.1. The average Bonchev–Trinajstić information content (AvgIpc) is 2.39. The zero-order valence-electron chi connectivity index (χ0n) is 12.1. The third kappa shape index (κ3) is 3.61. The van der Waals surface area contributed by atoms with Gasteiger partial charge in [-0.25, -0.2) is 0 Å². The van der Waals surface area contributed by atoms with Crippen LogP contribution in [0.4, 0.5) is 0 Å². The fourth-order valence-corrected chi connectivity index (χ4v) is 2.45. The first-order valence-corrected chi connectivity index (χ1v) is 7.11. The van der Waals surface area contributed by atoms with Gasteiger partial charge in [-0.3, -0.25) is 4.79 Å². The third-order valence-electron chi connectivity index (χ3n) is 3.66. The first kappa shape index (κ1) is 14.6. The molecule has 106 valence electrons. The Hall–Kier alpha value is -1.79. The summed E-state index contributed by atoms with van der Waals surface area (Å²) in [7, 11) is 0. The molecule has 0 aromatic heterocycles. The molecule has 3 nitrogen and oxygen atoms in total. The second-order valence-electron chi connectivity index (χ2n) is 5.55. The fourth-order valence-electron chi connectivity index (χ4n) is 2.45. The molecular weight excluding hydrogens is 250 g/mol. The summed E-state index contributed by atoms with van der Waals surface area (Å²) in [6, 6.07) is 5.90. The number of carbonyl (C=O) groups excluding carboxylic acids is 1. The van der Waals surface area contributed by atoms with E-state index in [2.05, 4.69) is 24.1 Å². The molecule has 0 radical (unpaired) electrons. The van der Waals surface area contributed by atoms with Gasteiger partial charge in [-0.1, -0.05) is 18.8 Å². The summed E-state index contributed by atoms with van der Waals surface area (Å²) >= 11 is 0. The van der Waals surface area contributed by atoms with Crippen LogP contribution in [-0.4, -0.2) is 23.7 Å². The number of hydrogen-bond donors (Lipinski definition) is 2. The molecule has 0 aliphatic heterocycles. The van der Waals surface area contributed by atoms with Gasteiger partial charge in [0.05, 0.1) is 6.61 Å². The molecule has 1 aliphatic carbocycles. The summed E-state index contributed by atoms with van der Waals surface area (Å²) in [6.07, 6.45) is 2.63. The summed E-state index contributed by atoms with van der Waals surface area (Å²) in [4.78, 5) is 12.1. The van der Waals surface area contributed by atoms with Crippen molar-refractivity contribution in [3.8, 4) is 11.8 Å². The number of benzene rings is 1. The van der Waals surface area contributed by atoms with Crippen LogP contribution in [0.5, 0.6) is 0 Å². The van der Waals surface area contributed by atoms with Gasteiger partial charge in [-0.15, -0.1) is 0 Å². The van der Waals surface area contributed by atoms with Crippen LogP contribution < -0.4 is 5.32 Å². The molecule has 2 rings (SSSR count). The molecule has 1 aromatic rings. The minimum atomic E-state index is -0.000123. The average molecular weight is 271 g/mol. The number of rotatable bonds is 3. The van der Waals surface area contributed by atoms with Gasteiger partial charge in [0.2, 0.25) is 0 Å². The lowest BCUT2D eigenvalue weighted by Crippen LogP contribution is -2.43. The van der Waals surface area contributed by atoms with Crippen molar-refractivity contribution in [3.63, 3.8) is 0 Å². The molecule has 3 heteroatoms. The molecule has 1 saturated carbocycles. The first-order valence-electron chi connectivity index (χ1n) is 7.11. The van der Waals surface area contributed by atoms with Crippen LogP contribution in [-0.2, 0) is 0 Å². The van der Waals surface area contributed by atoms with Crippen LogP contribution in [0.15, 0.2) is 18.2 Å². The Morgan fingerprint density at radius 1 is 1.45 bits per heavy atom. The van der Waals surface area contributed by atoms with Crippen molar-refractivity contribution in [1.82, 2.24) is 5.32 Å². The van der Waals surface area contributed by atoms with Crippen molar-refractivity contribution in [2.45, 2.75) is 39.2 Å². The fraction of sp³-hybridized carbons (Fsp3) is 0.471. The van der Waals surface area contributed by atoms with E-state index in [0.717, 1.165) is 29.9 Å². The Morgan fingerprint density at radius 2 is 2.20 bits per heavy atom. The van der Waals surface area contributed by atoms with Gasteiger partial charge in [0.1, 0.15) is 0 Å².